The van der Waals surface area contributed by atoms with E-state index in [4.69, 9.17) is 0 Å². The van der Waals surface area contributed by atoms with E-state index < -0.39 is 0 Å². The van der Waals surface area contributed by atoms with Gasteiger partial charge in [0.1, 0.15) is 0 Å². The molecule has 0 fully saturated rings. The number of benzene rings is 2. The monoisotopic (exact) mass is 429 g/mol. The quantitative estimate of drug-likeness (QED) is 0.180. The van der Waals surface area contributed by atoms with E-state index in [1.807, 2.05) is 68.4 Å². The Kier molecular flexibility index (Phi) is 5.91. The summed E-state index contributed by atoms with van der Waals surface area (Å²) in [6, 6.07) is 19.2. The Bertz CT molecular complexity index is 1340. The summed E-state index contributed by atoms with van der Waals surface area (Å²) >= 11 is 1.28. The average molecular weight is 430 g/mol. The molecule has 0 amide bonds. The van der Waals surface area contributed by atoms with Crippen LogP contribution in [0, 0.1) is 13.8 Å². The van der Waals surface area contributed by atoms with E-state index in [1.54, 1.807) is 16.7 Å². The van der Waals surface area contributed by atoms with E-state index in [9.17, 15) is 9.59 Å². The molecule has 5 nitrogen and oxygen atoms in total. The molecule has 6 heteroatoms. The Morgan fingerprint density at radius 3 is 2.55 bits per heavy atom. The van der Waals surface area contributed by atoms with Gasteiger partial charge in [-0.25, -0.2) is 4.98 Å². The van der Waals surface area contributed by atoms with E-state index in [-0.39, 0.29) is 17.1 Å². The Hall–Kier alpha value is -3.38. The Morgan fingerprint density at radius 2 is 1.81 bits per heavy atom. The second-order valence-corrected chi connectivity index (χ2v) is 8.23. The number of rotatable bonds is 7. The van der Waals surface area contributed by atoms with Crippen LogP contribution in [-0.4, -0.2) is 25.7 Å². The number of fused-ring (bicyclic) bond motifs is 1. The predicted molar refractivity (Wildman–Crippen MR) is 126 cm³/mol. The minimum absolute atomic E-state index is 0.00726. The molecule has 0 atom stereocenters. The van der Waals surface area contributed by atoms with Crippen molar-refractivity contribution in [2.45, 2.75) is 25.5 Å². The highest BCUT2D eigenvalue weighted by atomic mass is 32.2. The lowest BCUT2D eigenvalue weighted by atomic mass is 10.2. The molecule has 0 aliphatic rings. The number of Topliss-reactive ketones (excluding diaryl/α,β-unsaturated/α-hetero) is 1. The van der Waals surface area contributed by atoms with E-state index in [1.165, 1.54) is 11.8 Å². The number of hydrogen-bond donors (Lipinski definition) is 0. The second-order valence-electron chi connectivity index (χ2n) is 7.28. The maximum Gasteiger partial charge on any atom is 0.262 e. The molecule has 0 radical (unpaired) electrons. The van der Waals surface area contributed by atoms with Crippen LogP contribution in [0.2, 0.25) is 0 Å². The minimum Gasteiger partial charge on any atom is -0.318 e. The van der Waals surface area contributed by atoms with Crippen molar-refractivity contribution in [1.29, 1.82) is 0 Å². The fraction of sp³-hybridized carbons (Fsp3) is 0.160. The lowest BCUT2D eigenvalue weighted by molar-refractivity contribution is 0.102. The third kappa shape index (κ3) is 3.99. The molecule has 156 valence electrons. The van der Waals surface area contributed by atoms with Gasteiger partial charge in [0.25, 0.3) is 5.56 Å². The highest BCUT2D eigenvalue weighted by Crippen LogP contribution is 2.24. The minimum atomic E-state index is -0.122. The Morgan fingerprint density at radius 1 is 1.10 bits per heavy atom. The number of aryl methyl sites for hydroxylation is 1. The van der Waals surface area contributed by atoms with Crippen LogP contribution in [0.15, 0.2) is 83.3 Å². The predicted octanol–water partition coefficient (Wildman–Crippen LogP) is 4.97. The third-order valence-corrected chi connectivity index (χ3v) is 6.19. The lowest BCUT2D eigenvalue weighted by Gasteiger charge is -2.11. The van der Waals surface area contributed by atoms with Crippen LogP contribution in [0.4, 0.5) is 0 Å². The van der Waals surface area contributed by atoms with Crippen molar-refractivity contribution in [3.8, 4) is 5.69 Å². The summed E-state index contributed by atoms with van der Waals surface area (Å²) in [7, 11) is 0. The second kappa shape index (κ2) is 8.78. The van der Waals surface area contributed by atoms with Crippen molar-refractivity contribution in [2.24, 2.45) is 0 Å². The molecule has 2 aromatic carbocycles. The molecule has 0 unspecified atom stereocenters. The number of para-hydroxylation sites is 2. The number of aromatic nitrogens is 3. The molecular weight excluding hydrogens is 406 g/mol. The van der Waals surface area contributed by atoms with Crippen molar-refractivity contribution in [3.63, 3.8) is 0 Å². The summed E-state index contributed by atoms with van der Waals surface area (Å²) < 4.78 is 3.65. The molecule has 0 spiro atoms. The van der Waals surface area contributed by atoms with Gasteiger partial charge in [0.2, 0.25) is 0 Å². The maximum atomic E-state index is 13.1. The van der Waals surface area contributed by atoms with E-state index in [2.05, 4.69) is 16.1 Å². The van der Waals surface area contributed by atoms with Crippen molar-refractivity contribution < 1.29 is 4.79 Å². The standard InChI is InChI=1S/C25H23N3O2S/c1-4-14-27-24(30)20-12-8-9-13-22(20)26-25(27)31-16-23(29)21-15-17(2)28(18(21)3)19-10-6-5-7-11-19/h4-13,15H,1,14,16H2,2-3H3. The summed E-state index contributed by atoms with van der Waals surface area (Å²) in [4.78, 5) is 30.6. The third-order valence-electron chi connectivity index (χ3n) is 5.22. The van der Waals surface area contributed by atoms with Gasteiger partial charge < -0.3 is 4.57 Å². The molecule has 4 rings (SSSR count). The number of carbonyl (C=O) groups excluding carboxylic acids is 1. The first-order chi connectivity index (χ1) is 15.0. The summed E-state index contributed by atoms with van der Waals surface area (Å²) in [5.41, 5.74) is 4.13. The molecule has 2 aromatic heterocycles. The average Bonchev–Trinajstić information content (AvgIpc) is 3.09. The number of thioether (sulfide) groups is 1. The van der Waals surface area contributed by atoms with Gasteiger partial charge in [0.05, 0.1) is 16.7 Å². The largest absolute Gasteiger partial charge is 0.318 e. The van der Waals surface area contributed by atoms with Gasteiger partial charge in [-0.1, -0.05) is 48.2 Å². The van der Waals surface area contributed by atoms with Gasteiger partial charge in [-0.15, -0.1) is 6.58 Å². The van der Waals surface area contributed by atoms with Crippen LogP contribution in [0.1, 0.15) is 21.7 Å². The van der Waals surface area contributed by atoms with Crippen molar-refractivity contribution in [2.75, 3.05) is 5.75 Å². The molecule has 4 aromatic rings. The highest BCUT2D eigenvalue weighted by Gasteiger charge is 2.18. The summed E-state index contributed by atoms with van der Waals surface area (Å²) in [6.07, 6.45) is 1.66. The fourth-order valence-electron chi connectivity index (χ4n) is 3.78. The van der Waals surface area contributed by atoms with Gasteiger partial charge in [-0.3, -0.25) is 14.2 Å². The van der Waals surface area contributed by atoms with Crippen LogP contribution >= 0.6 is 11.8 Å². The first-order valence-electron chi connectivity index (χ1n) is 10.0. The van der Waals surface area contributed by atoms with Crippen LogP contribution in [0.3, 0.4) is 0 Å². The molecule has 0 bridgehead atoms. The van der Waals surface area contributed by atoms with E-state index in [0.29, 0.717) is 28.2 Å². The SMILES string of the molecule is C=CCn1c(SCC(=O)c2cc(C)n(-c3ccccc3)c2C)nc2ccccc2c1=O. The molecular formula is C25H23N3O2S. The van der Waals surface area contributed by atoms with Gasteiger partial charge in [-0.05, 0) is 44.2 Å². The number of allylic oxidation sites excluding steroid dienone is 1. The smallest absolute Gasteiger partial charge is 0.262 e. The first kappa shape index (κ1) is 20.9. The zero-order chi connectivity index (χ0) is 22.0. The van der Waals surface area contributed by atoms with Crippen molar-refractivity contribution in [3.05, 3.63) is 101 Å². The normalized spacial score (nSPS) is 11.0. The van der Waals surface area contributed by atoms with Gasteiger partial charge in [0, 0.05) is 29.2 Å². The molecule has 31 heavy (non-hydrogen) atoms. The number of nitrogens with zero attached hydrogens (tertiary/aromatic N) is 3. The van der Waals surface area contributed by atoms with Crippen molar-refractivity contribution >= 4 is 28.4 Å². The fourth-order valence-corrected chi connectivity index (χ4v) is 4.67. The molecule has 2 heterocycles. The Balaban J connectivity index is 1.64. The Labute approximate surface area is 185 Å². The van der Waals surface area contributed by atoms with Gasteiger partial charge >= 0.3 is 0 Å². The highest BCUT2D eigenvalue weighted by molar-refractivity contribution is 7.99. The maximum absolute atomic E-state index is 13.1. The summed E-state index contributed by atoms with van der Waals surface area (Å²) in [5.74, 6) is 0.203. The van der Waals surface area contributed by atoms with Crippen LogP contribution in [0.25, 0.3) is 16.6 Å². The molecule has 0 saturated carbocycles. The summed E-state index contributed by atoms with van der Waals surface area (Å²) in [6.45, 7) is 8.05. The zero-order valence-corrected chi connectivity index (χ0v) is 18.4. The van der Waals surface area contributed by atoms with Crippen LogP contribution in [-0.2, 0) is 6.54 Å². The summed E-state index contributed by atoms with van der Waals surface area (Å²) in [5, 5.41) is 1.08. The topological polar surface area (TPSA) is 56.9 Å². The lowest BCUT2D eigenvalue weighted by Crippen LogP contribution is -2.23. The molecule has 0 aliphatic heterocycles. The van der Waals surface area contributed by atoms with Crippen LogP contribution < -0.4 is 5.56 Å². The number of hydrogen-bond acceptors (Lipinski definition) is 4. The zero-order valence-electron chi connectivity index (χ0n) is 17.5. The molecule has 0 aliphatic carbocycles. The molecule has 0 N–H and O–H groups in total. The molecule has 0 saturated heterocycles. The van der Waals surface area contributed by atoms with E-state index >= 15 is 0 Å². The van der Waals surface area contributed by atoms with E-state index in [0.717, 1.165) is 17.1 Å². The van der Waals surface area contributed by atoms with Gasteiger partial charge in [0.15, 0.2) is 10.9 Å². The number of carbonyl (C=O) groups is 1. The van der Waals surface area contributed by atoms with Gasteiger partial charge in [-0.2, -0.15) is 0 Å². The number of ketones is 1. The van der Waals surface area contributed by atoms with Crippen molar-refractivity contribution in [1.82, 2.24) is 14.1 Å². The first-order valence-corrected chi connectivity index (χ1v) is 11.0. The van der Waals surface area contributed by atoms with Crippen LogP contribution in [0.5, 0.6) is 0 Å².